The Labute approximate surface area is 106 Å². The van der Waals surface area contributed by atoms with Crippen molar-refractivity contribution in [3.8, 4) is 5.75 Å². The number of aryl methyl sites for hydroxylation is 1. The van der Waals surface area contributed by atoms with Gasteiger partial charge in [0.15, 0.2) is 0 Å². The van der Waals surface area contributed by atoms with Gasteiger partial charge in [-0.15, -0.1) is 0 Å². The van der Waals surface area contributed by atoms with Crippen LogP contribution in [0.2, 0.25) is 0 Å². The molecule has 0 saturated heterocycles. The number of carbonyl (C=O) groups is 2. The molecule has 1 heterocycles. The van der Waals surface area contributed by atoms with Crippen LogP contribution in [0, 0.1) is 0 Å². The molecule has 2 rings (SSSR count). The lowest BCUT2D eigenvalue weighted by molar-refractivity contribution is -0.116. The summed E-state index contributed by atoms with van der Waals surface area (Å²) in [4.78, 5) is 21.6. The molecule has 0 spiro atoms. The number of fused-ring (bicyclic) bond motifs is 1. The van der Waals surface area contributed by atoms with Gasteiger partial charge in [-0.05, 0) is 37.0 Å². The van der Waals surface area contributed by atoms with Crippen LogP contribution in [0.1, 0.15) is 31.2 Å². The molecule has 0 bridgehead atoms. The second kappa shape index (κ2) is 6.19. The zero-order valence-electron chi connectivity index (χ0n) is 10.3. The van der Waals surface area contributed by atoms with Crippen molar-refractivity contribution >= 4 is 17.9 Å². The van der Waals surface area contributed by atoms with Gasteiger partial charge in [-0.25, -0.2) is 0 Å². The molecule has 1 aromatic rings. The zero-order valence-corrected chi connectivity index (χ0v) is 10.3. The molecule has 0 aromatic heterocycles. The molecule has 1 amide bonds. The fourth-order valence-electron chi connectivity index (χ4n) is 1.98. The number of aldehydes is 1. The van der Waals surface area contributed by atoms with Crippen molar-refractivity contribution in [2.75, 3.05) is 11.9 Å². The summed E-state index contributed by atoms with van der Waals surface area (Å²) in [7, 11) is 0. The standard InChI is InChI=1S/C14H17NO3/c16-8-3-1-2-4-11-5-6-13-12(10-11)15-14(17)7-9-18-13/h5-6,8,10H,1-4,7,9H2,(H,15,17). The minimum atomic E-state index is -0.00754. The highest BCUT2D eigenvalue weighted by Gasteiger charge is 2.13. The molecule has 0 saturated carbocycles. The molecule has 96 valence electrons. The van der Waals surface area contributed by atoms with Gasteiger partial charge in [0, 0.05) is 6.42 Å². The van der Waals surface area contributed by atoms with Gasteiger partial charge in [0.05, 0.1) is 18.7 Å². The average molecular weight is 247 g/mol. The third kappa shape index (κ3) is 3.32. The summed E-state index contributed by atoms with van der Waals surface area (Å²) in [6, 6.07) is 5.87. The monoisotopic (exact) mass is 247 g/mol. The summed E-state index contributed by atoms with van der Waals surface area (Å²) in [5.41, 5.74) is 1.91. The molecule has 1 aliphatic heterocycles. The van der Waals surface area contributed by atoms with Gasteiger partial charge < -0.3 is 14.8 Å². The first-order chi connectivity index (χ1) is 8.79. The molecular weight excluding hydrogens is 230 g/mol. The second-order valence-corrected chi connectivity index (χ2v) is 4.39. The number of hydrogen-bond donors (Lipinski definition) is 1. The zero-order chi connectivity index (χ0) is 12.8. The molecule has 0 radical (unpaired) electrons. The summed E-state index contributed by atoms with van der Waals surface area (Å²) in [5, 5.41) is 2.84. The van der Waals surface area contributed by atoms with Gasteiger partial charge in [0.25, 0.3) is 0 Å². The Hall–Kier alpha value is -1.84. The van der Waals surface area contributed by atoms with Gasteiger partial charge in [0.1, 0.15) is 12.0 Å². The molecule has 0 unspecified atom stereocenters. The molecule has 1 aliphatic rings. The van der Waals surface area contributed by atoms with Crippen LogP contribution in [0.3, 0.4) is 0 Å². The maximum absolute atomic E-state index is 11.4. The highest BCUT2D eigenvalue weighted by atomic mass is 16.5. The number of nitrogens with one attached hydrogen (secondary N) is 1. The minimum Gasteiger partial charge on any atom is -0.491 e. The van der Waals surface area contributed by atoms with Crippen LogP contribution >= 0.6 is 0 Å². The van der Waals surface area contributed by atoms with Gasteiger partial charge in [-0.2, -0.15) is 0 Å². The lowest BCUT2D eigenvalue weighted by Gasteiger charge is -2.09. The Morgan fingerprint density at radius 3 is 3.06 bits per heavy atom. The molecule has 4 heteroatoms. The predicted molar refractivity (Wildman–Crippen MR) is 68.8 cm³/mol. The molecule has 18 heavy (non-hydrogen) atoms. The number of carbonyl (C=O) groups excluding carboxylic acids is 2. The Morgan fingerprint density at radius 2 is 2.22 bits per heavy atom. The summed E-state index contributed by atoms with van der Waals surface area (Å²) in [6.07, 6.45) is 4.76. The first-order valence-electron chi connectivity index (χ1n) is 6.29. The Bertz CT molecular complexity index is 443. The predicted octanol–water partition coefficient (Wildman–Crippen LogP) is 2.32. The number of anilines is 1. The van der Waals surface area contributed by atoms with Crippen LogP contribution in [0.25, 0.3) is 0 Å². The lowest BCUT2D eigenvalue weighted by atomic mass is 10.1. The topological polar surface area (TPSA) is 55.4 Å². The number of unbranched alkanes of at least 4 members (excludes halogenated alkanes) is 2. The molecule has 0 aliphatic carbocycles. The van der Waals surface area contributed by atoms with Crippen LogP contribution in [-0.2, 0) is 16.0 Å². The lowest BCUT2D eigenvalue weighted by Crippen LogP contribution is -2.10. The molecule has 4 nitrogen and oxygen atoms in total. The van der Waals surface area contributed by atoms with Gasteiger partial charge in [-0.1, -0.05) is 6.07 Å². The van der Waals surface area contributed by atoms with E-state index in [0.29, 0.717) is 19.4 Å². The summed E-state index contributed by atoms with van der Waals surface area (Å²) < 4.78 is 5.49. The maximum Gasteiger partial charge on any atom is 0.227 e. The van der Waals surface area contributed by atoms with Crippen LogP contribution in [-0.4, -0.2) is 18.8 Å². The highest BCUT2D eigenvalue weighted by molar-refractivity contribution is 5.93. The van der Waals surface area contributed by atoms with Gasteiger partial charge in [0.2, 0.25) is 5.91 Å². The van der Waals surface area contributed by atoms with E-state index >= 15 is 0 Å². The molecule has 0 fully saturated rings. The van der Waals surface area contributed by atoms with Crippen molar-refractivity contribution in [1.82, 2.24) is 0 Å². The fourth-order valence-corrected chi connectivity index (χ4v) is 1.98. The van der Waals surface area contributed by atoms with E-state index in [9.17, 15) is 9.59 Å². The Kier molecular flexibility index (Phi) is 4.34. The van der Waals surface area contributed by atoms with E-state index in [0.717, 1.165) is 42.5 Å². The van der Waals surface area contributed by atoms with Crippen molar-refractivity contribution in [3.63, 3.8) is 0 Å². The number of amides is 1. The van der Waals surface area contributed by atoms with Gasteiger partial charge >= 0.3 is 0 Å². The van der Waals surface area contributed by atoms with Gasteiger partial charge in [-0.3, -0.25) is 4.79 Å². The van der Waals surface area contributed by atoms with Crippen molar-refractivity contribution in [2.45, 2.75) is 32.1 Å². The van der Waals surface area contributed by atoms with E-state index in [-0.39, 0.29) is 5.91 Å². The van der Waals surface area contributed by atoms with Crippen LogP contribution in [0.4, 0.5) is 5.69 Å². The van der Waals surface area contributed by atoms with Crippen LogP contribution < -0.4 is 10.1 Å². The number of ether oxygens (including phenoxy) is 1. The van der Waals surface area contributed by atoms with Crippen LogP contribution in [0.5, 0.6) is 5.75 Å². The number of hydrogen-bond acceptors (Lipinski definition) is 3. The first-order valence-corrected chi connectivity index (χ1v) is 6.29. The number of rotatable bonds is 5. The minimum absolute atomic E-state index is 0.00754. The maximum atomic E-state index is 11.4. The highest BCUT2D eigenvalue weighted by Crippen LogP contribution is 2.28. The SMILES string of the molecule is O=CCCCCc1ccc2c(c1)NC(=O)CCO2. The first kappa shape index (κ1) is 12.6. The summed E-state index contributed by atoms with van der Waals surface area (Å²) in [6.45, 7) is 0.428. The second-order valence-electron chi connectivity index (χ2n) is 4.39. The van der Waals surface area contributed by atoms with Crippen LogP contribution in [0.15, 0.2) is 18.2 Å². The van der Waals surface area contributed by atoms with E-state index in [1.807, 2.05) is 18.2 Å². The third-order valence-corrected chi connectivity index (χ3v) is 2.94. The van der Waals surface area contributed by atoms with Crippen molar-refractivity contribution < 1.29 is 14.3 Å². The molecule has 1 aromatic carbocycles. The van der Waals surface area contributed by atoms with E-state index in [1.165, 1.54) is 0 Å². The fraction of sp³-hybridized carbons (Fsp3) is 0.429. The number of benzene rings is 1. The summed E-state index contributed by atoms with van der Waals surface area (Å²) >= 11 is 0. The normalized spacial score (nSPS) is 14.1. The van der Waals surface area contributed by atoms with E-state index in [2.05, 4.69) is 5.32 Å². The quantitative estimate of drug-likeness (QED) is 0.641. The third-order valence-electron chi connectivity index (χ3n) is 2.94. The summed E-state index contributed by atoms with van der Waals surface area (Å²) in [5.74, 6) is 0.726. The van der Waals surface area contributed by atoms with Crippen molar-refractivity contribution in [3.05, 3.63) is 23.8 Å². The largest absolute Gasteiger partial charge is 0.491 e. The van der Waals surface area contributed by atoms with Crippen molar-refractivity contribution in [1.29, 1.82) is 0 Å². The molecule has 0 atom stereocenters. The van der Waals surface area contributed by atoms with E-state index in [4.69, 9.17) is 4.74 Å². The smallest absolute Gasteiger partial charge is 0.227 e. The Morgan fingerprint density at radius 1 is 1.33 bits per heavy atom. The van der Waals surface area contributed by atoms with Crippen molar-refractivity contribution in [2.24, 2.45) is 0 Å². The van der Waals surface area contributed by atoms with E-state index in [1.54, 1.807) is 0 Å². The Balaban J connectivity index is 2.01. The average Bonchev–Trinajstić information content (AvgIpc) is 2.55. The molecular formula is C14H17NO3. The van der Waals surface area contributed by atoms with E-state index < -0.39 is 0 Å². The molecule has 1 N–H and O–H groups in total.